The lowest BCUT2D eigenvalue weighted by molar-refractivity contribution is 0.350. The fraction of sp³-hybridized carbons (Fsp3) is 0.200. The standard InChI is InChI=1S/C15H14O2S2/c1-17-13-4-6-14(7-5-13)19-11-15-12(3-2-9-16)8-10-18-15/h4-8,10,16H,9,11H2,1H3. The average Bonchev–Trinajstić information content (AvgIpc) is 2.91. The Balaban J connectivity index is 2.00. The predicted molar refractivity (Wildman–Crippen MR) is 80.8 cm³/mol. The zero-order chi connectivity index (χ0) is 13.5. The molecule has 0 saturated heterocycles. The summed E-state index contributed by atoms with van der Waals surface area (Å²) in [4.78, 5) is 2.44. The second kappa shape index (κ2) is 7.25. The van der Waals surface area contributed by atoms with Gasteiger partial charge in [-0.2, -0.15) is 0 Å². The van der Waals surface area contributed by atoms with Gasteiger partial charge in [0.2, 0.25) is 0 Å². The molecule has 0 atom stereocenters. The highest BCUT2D eigenvalue weighted by Gasteiger charge is 2.03. The topological polar surface area (TPSA) is 29.5 Å². The summed E-state index contributed by atoms with van der Waals surface area (Å²) < 4.78 is 5.13. The third-order valence-electron chi connectivity index (χ3n) is 2.48. The van der Waals surface area contributed by atoms with E-state index in [0.29, 0.717) is 0 Å². The van der Waals surface area contributed by atoms with Crippen LogP contribution in [0.4, 0.5) is 0 Å². The normalized spacial score (nSPS) is 9.79. The van der Waals surface area contributed by atoms with Crippen LogP contribution in [-0.4, -0.2) is 18.8 Å². The van der Waals surface area contributed by atoms with E-state index in [9.17, 15) is 0 Å². The largest absolute Gasteiger partial charge is 0.497 e. The van der Waals surface area contributed by atoms with Crippen molar-refractivity contribution in [3.05, 3.63) is 46.2 Å². The van der Waals surface area contributed by atoms with Crippen molar-refractivity contribution in [2.45, 2.75) is 10.6 Å². The molecule has 19 heavy (non-hydrogen) atoms. The summed E-state index contributed by atoms with van der Waals surface area (Å²) in [6.45, 7) is -0.0963. The highest BCUT2D eigenvalue weighted by Crippen LogP contribution is 2.28. The maximum Gasteiger partial charge on any atom is 0.118 e. The van der Waals surface area contributed by atoms with Gasteiger partial charge in [-0.3, -0.25) is 0 Å². The predicted octanol–water partition coefficient (Wildman–Crippen LogP) is 3.39. The fourth-order valence-electron chi connectivity index (χ4n) is 1.52. The minimum atomic E-state index is -0.0963. The van der Waals surface area contributed by atoms with Gasteiger partial charge in [-0.05, 0) is 35.7 Å². The molecule has 1 heterocycles. The van der Waals surface area contributed by atoms with Gasteiger partial charge < -0.3 is 9.84 Å². The molecule has 0 saturated carbocycles. The van der Waals surface area contributed by atoms with Gasteiger partial charge in [-0.15, -0.1) is 23.1 Å². The maximum atomic E-state index is 8.73. The van der Waals surface area contributed by atoms with E-state index in [-0.39, 0.29) is 6.61 Å². The molecule has 0 bridgehead atoms. The second-order valence-corrected chi connectivity index (χ2v) is 5.73. The number of ether oxygens (including phenoxy) is 1. The van der Waals surface area contributed by atoms with Gasteiger partial charge in [-0.25, -0.2) is 0 Å². The molecule has 1 aromatic heterocycles. The first-order valence-corrected chi connectivity index (χ1v) is 7.63. The average molecular weight is 290 g/mol. The van der Waals surface area contributed by atoms with Crippen molar-refractivity contribution in [1.82, 2.24) is 0 Å². The third kappa shape index (κ3) is 4.03. The van der Waals surface area contributed by atoms with Crippen molar-refractivity contribution in [3.8, 4) is 17.6 Å². The van der Waals surface area contributed by atoms with Crippen molar-refractivity contribution in [2.75, 3.05) is 13.7 Å². The Morgan fingerprint density at radius 1 is 1.26 bits per heavy atom. The first kappa shape index (κ1) is 14.0. The summed E-state index contributed by atoms with van der Waals surface area (Å²) in [6, 6.07) is 10.0. The van der Waals surface area contributed by atoms with E-state index in [4.69, 9.17) is 9.84 Å². The van der Waals surface area contributed by atoms with Gasteiger partial charge in [0, 0.05) is 21.1 Å². The zero-order valence-electron chi connectivity index (χ0n) is 10.6. The molecule has 0 spiro atoms. The molecule has 2 aromatic rings. The molecular formula is C15H14O2S2. The van der Waals surface area contributed by atoms with Gasteiger partial charge in [0.25, 0.3) is 0 Å². The fourth-order valence-corrected chi connectivity index (χ4v) is 3.36. The molecule has 1 N–H and O–H groups in total. The smallest absolute Gasteiger partial charge is 0.118 e. The van der Waals surface area contributed by atoms with E-state index >= 15 is 0 Å². The van der Waals surface area contributed by atoms with Crippen molar-refractivity contribution in [2.24, 2.45) is 0 Å². The first-order chi connectivity index (χ1) is 9.33. The minimum absolute atomic E-state index is 0.0963. The van der Waals surface area contributed by atoms with Gasteiger partial charge in [0.1, 0.15) is 12.4 Å². The molecule has 1 aromatic carbocycles. The molecule has 0 radical (unpaired) electrons. The van der Waals surface area contributed by atoms with Gasteiger partial charge >= 0.3 is 0 Å². The van der Waals surface area contributed by atoms with Crippen LogP contribution in [0.1, 0.15) is 10.4 Å². The Hall–Kier alpha value is -1.41. The van der Waals surface area contributed by atoms with Crippen LogP contribution in [-0.2, 0) is 5.75 Å². The highest BCUT2D eigenvalue weighted by atomic mass is 32.2. The number of thioether (sulfide) groups is 1. The quantitative estimate of drug-likeness (QED) is 0.691. The SMILES string of the molecule is COc1ccc(SCc2sccc2C#CCO)cc1. The van der Waals surface area contributed by atoms with Crippen molar-refractivity contribution >= 4 is 23.1 Å². The third-order valence-corrected chi connectivity index (χ3v) is 4.62. The van der Waals surface area contributed by atoms with Gasteiger partial charge in [0.15, 0.2) is 0 Å². The second-order valence-electron chi connectivity index (χ2n) is 3.68. The summed E-state index contributed by atoms with van der Waals surface area (Å²) >= 11 is 3.47. The van der Waals surface area contributed by atoms with E-state index in [1.54, 1.807) is 30.2 Å². The van der Waals surface area contributed by atoms with Crippen molar-refractivity contribution in [1.29, 1.82) is 0 Å². The number of aliphatic hydroxyl groups excluding tert-OH is 1. The molecule has 0 unspecified atom stereocenters. The van der Waals surface area contributed by atoms with Crippen LogP contribution in [0.15, 0.2) is 40.6 Å². The molecule has 4 heteroatoms. The van der Waals surface area contributed by atoms with Crippen molar-refractivity contribution < 1.29 is 9.84 Å². The lowest BCUT2D eigenvalue weighted by Crippen LogP contribution is -1.83. The molecule has 0 aliphatic rings. The van der Waals surface area contributed by atoms with Gasteiger partial charge in [0.05, 0.1) is 7.11 Å². The summed E-state index contributed by atoms with van der Waals surface area (Å²) in [6.07, 6.45) is 0. The molecule has 0 aliphatic carbocycles. The zero-order valence-corrected chi connectivity index (χ0v) is 12.2. The highest BCUT2D eigenvalue weighted by molar-refractivity contribution is 7.98. The molecular weight excluding hydrogens is 276 g/mol. The summed E-state index contributed by atoms with van der Waals surface area (Å²) in [5, 5.41) is 10.8. The van der Waals surface area contributed by atoms with E-state index in [1.165, 1.54) is 9.77 Å². The number of methoxy groups -OCH3 is 1. The minimum Gasteiger partial charge on any atom is -0.497 e. The number of thiophene rings is 1. The van der Waals surface area contributed by atoms with E-state index in [2.05, 4.69) is 24.0 Å². The molecule has 0 aliphatic heterocycles. The number of benzene rings is 1. The Kier molecular flexibility index (Phi) is 5.34. The monoisotopic (exact) mass is 290 g/mol. The Morgan fingerprint density at radius 3 is 2.74 bits per heavy atom. The maximum absolute atomic E-state index is 8.73. The van der Waals surface area contributed by atoms with Crippen LogP contribution in [0, 0.1) is 11.8 Å². The number of rotatable bonds is 4. The Bertz CT molecular complexity index is 576. The lowest BCUT2D eigenvalue weighted by Gasteiger charge is -2.03. The number of aliphatic hydroxyl groups is 1. The summed E-state index contributed by atoms with van der Waals surface area (Å²) in [5.41, 5.74) is 1.01. The molecule has 98 valence electrons. The van der Waals surface area contributed by atoms with E-state index in [0.717, 1.165) is 17.1 Å². The molecule has 0 amide bonds. The Morgan fingerprint density at radius 2 is 2.05 bits per heavy atom. The molecule has 2 rings (SSSR count). The van der Waals surface area contributed by atoms with Crippen LogP contribution in [0.2, 0.25) is 0 Å². The van der Waals surface area contributed by atoms with Crippen LogP contribution in [0.3, 0.4) is 0 Å². The van der Waals surface area contributed by atoms with Crippen LogP contribution in [0.25, 0.3) is 0 Å². The van der Waals surface area contributed by atoms with E-state index in [1.807, 2.05) is 23.6 Å². The van der Waals surface area contributed by atoms with Crippen LogP contribution in [0.5, 0.6) is 5.75 Å². The first-order valence-electron chi connectivity index (χ1n) is 5.76. The summed E-state index contributed by atoms with van der Waals surface area (Å²) in [7, 11) is 1.67. The van der Waals surface area contributed by atoms with Crippen LogP contribution >= 0.6 is 23.1 Å². The van der Waals surface area contributed by atoms with Crippen LogP contribution < -0.4 is 4.74 Å². The number of hydrogen-bond acceptors (Lipinski definition) is 4. The van der Waals surface area contributed by atoms with Crippen molar-refractivity contribution in [3.63, 3.8) is 0 Å². The van der Waals surface area contributed by atoms with Gasteiger partial charge in [-0.1, -0.05) is 11.8 Å². The van der Waals surface area contributed by atoms with E-state index < -0.39 is 0 Å². The Labute approximate surface area is 121 Å². The molecule has 2 nitrogen and oxygen atoms in total. The lowest BCUT2D eigenvalue weighted by atomic mass is 10.3. The molecule has 0 fully saturated rings. The summed E-state index contributed by atoms with van der Waals surface area (Å²) in [5.74, 6) is 7.42. The number of hydrogen-bond donors (Lipinski definition) is 1.